The third-order valence-electron chi connectivity index (χ3n) is 3.66. The van der Waals surface area contributed by atoms with Gasteiger partial charge in [-0.1, -0.05) is 25.1 Å². The molecular formula is C15H25NO2. The van der Waals surface area contributed by atoms with Gasteiger partial charge in [-0.2, -0.15) is 0 Å². The molecule has 3 heteroatoms. The lowest BCUT2D eigenvalue weighted by molar-refractivity contribution is 0.145. The van der Waals surface area contributed by atoms with Gasteiger partial charge in [-0.15, -0.1) is 0 Å². The highest BCUT2D eigenvalue weighted by Gasteiger charge is 2.24. The molecule has 18 heavy (non-hydrogen) atoms. The average Bonchev–Trinajstić information content (AvgIpc) is 2.42. The Bertz CT molecular complexity index is 340. The van der Waals surface area contributed by atoms with Crippen LogP contribution in [-0.4, -0.2) is 30.9 Å². The topological polar surface area (TPSA) is 41.5 Å². The van der Waals surface area contributed by atoms with Crippen LogP contribution in [0, 0.1) is 6.92 Å². The van der Waals surface area contributed by atoms with Gasteiger partial charge in [0.2, 0.25) is 0 Å². The number of hydrogen-bond acceptors (Lipinski definition) is 3. The second-order valence-corrected chi connectivity index (χ2v) is 4.76. The molecule has 1 aromatic carbocycles. The number of para-hydroxylation sites is 1. The van der Waals surface area contributed by atoms with Gasteiger partial charge in [-0.05, 0) is 44.9 Å². The van der Waals surface area contributed by atoms with Gasteiger partial charge in [0.15, 0.2) is 0 Å². The molecule has 0 bridgehead atoms. The van der Waals surface area contributed by atoms with Crippen molar-refractivity contribution in [2.45, 2.75) is 38.6 Å². The molecule has 1 aromatic rings. The first-order chi connectivity index (χ1) is 8.67. The van der Waals surface area contributed by atoms with E-state index < -0.39 is 0 Å². The van der Waals surface area contributed by atoms with E-state index in [1.807, 2.05) is 38.2 Å². The van der Waals surface area contributed by atoms with E-state index in [0.717, 1.165) is 30.6 Å². The van der Waals surface area contributed by atoms with E-state index in [9.17, 15) is 5.11 Å². The number of aryl methyl sites for hydroxylation is 1. The van der Waals surface area contributed by atoms with Crippen molar-refractivity contribution in [3.8, 4) is 5.75 Å². The quantitative estimate of drug-likeness (QED) is 0.698. The zero-order valence-corrected chi connectivity index (χ0v) is 11.7. The minimum Gasteiger partial charge on any atom is -0.493 e. The van der Waals surface area contributed by atoms with Gasteiger partial charge >= 0.3 is 0 Å². The highest BCUT2D eigenvalue weighted by molar-refractivity contribution is 5.31. The normalized spacial score (nSPS) is 14.2. The molecule has 0 saturated heterocycles. The summed E-state index contributed by atoms with van der Waals surface area (Å²) < 4.78 is 5.76. The fraction of sp³-hybridized carbons (Fsp3) is 0.600. The zero-order chi connectivity index (χ0) is 13.4. The largest absolute Gasteiger partial charge is 0.493 e. The van der Waals surface area contributed by atoms with Gasteiger partial charge < -0.3 is 15.2 Å². The number of aliphatic hydroxyl groups is 1. The lowest BCUT2D eigenvalue weighted by Gasteiger charge is -2.30. The van der Waals surface area contributed by atoms with Crippen molar-refractivity contribution in [1.29, 1.82) is 0 Å². The summed E-state index contributed by atoms with van der Waals surface area (Å²) in [5, 5.41) is 12.7. The first-order valence-electron chi connectivity index (χ1n) is 6.65. The molecule has 0 aromatic heterocycles. The summed E-state index contributed by atoms with van der Waals surface area (Å²) in [4.78, 5) is 0. The smallest absolute Gasteiger partial charge is 0.122 e. The average molecular weight is 251 g/mol. The Morgan fingerprint density at radius 3 is 2.61 bits per heavy atom. The molecule has 0 heterocycles. The molecule has 0 aliphatic heterocycles. The van der Waals surface area contributed by atoms with Gasteiger partial charge in [0.1, 0.15) is 5.75 Å². The molecule has 0 spiro atoms. The Labute approximate surface area is 110 Å². The minimum absolute atomic E-state index is 0.158. The van der Waals surface area contributed by atoms with Crippen LogP contribution in [0.4, 0.5) is 0 Å². The molecule has 1 rings (SSSR count). The van der Waals surface area contributed by atoms with Crippen LogP contribution in [0.25, 0.3) is 0 Å². The molecule has 0 radical (unpaired) electrons. The van der Waals surface area contributed by atoms with Gasteiger partial charge in [-0.3, -0.25) is 0 Å². The molecule has 1 atom stereocenters. The lowest BCUT2D eigenvalue weighted by Crippen LogP contribution is -2.46. The molecule has 0 amide bonds. The number of hydrogen-bond donors (Lipinski definition) is 2. The van der Waals surface area contributed by atoms with Gasteiger partial charge in [0.25, 0.3) is 0 Å². The Kier molecular flexibility index (Phi) is 6.16. The molecule has 0 aliphatic carbocycles. The van der Waals surface area contributed by atoms with Crippen LogP contribution in [-0.2, 0) is 0 Å². The van der Waals surface area contributed by atoms with E-state index in [1.165, 1.54) is 0 Å². The fourth-order valence-corrected chi connectivity index (χ4v) is 2.06. The highest BCUT2D eigenvalue weighted by atomic mass is 16.5. The summed E-state index contributed by atoms with van der Waals surface area (Å²) >= 11 is 0. The number of nitrogens with one attached hydrogen (secondary N) is 1. The van der Waals surface area contributed by atoms with Crippen LogP contribution in [0.5, 0.6) is 5.75 Å². The van der Waals surface area contributed by atoms with Gasteiger partial charge in [-0.25, -0.2) is 0 Å². The molecule has 102 valence electrons. The van der Waals surface area contributed by atoms with E-state index in [4.69, 9.17) is 4.74 Å². The van der Waals surface area contributed by atoms with Gasteiger partial charge in [0.05, 0.1) is 13.2 Å². The number of likely N-dealkylation sites (N-methyl/N-ethyl adjacent to an activating group) is 1. The predicted molar refractivity (Wildman–Crippen MR) is 75.1 cm³/mol. The molecule has 0 fully saturated rings. The van der Waals surface area contributed by atoms with Crippen molar-refractivity contribution in [1.82, 2.24) is 5.32 Å². The second kappa shape index (κ2) is 7.39. The van der Waals surface area contributed by atoms with E-state index in [-0.39, 0.29) is 12.1 Å². The molecule has 0 saturated carbocycles. The summed E-state index contributed by atoms with van der Waals surface area (Å²) in [5.74, 6) is 0.952. The Balaban J connectivity index is 2.37. The maximum Gasteiger partial charge on any atom is 0.122 e. The summed E-state index contributed by atoms with van der Waals surface area (Å²) in [5.41, 5.74) is 1.00. The van der Waals surface area contributed by atoms with Crippen LogP contribution >= 0.6 is 0 Å². The van der Waals surface area contributed by atoms with Crippen LogP contribution in [0.2, 0.25) is 0 Å². The number of benzene rings is 1. The molecular weight excluding hydrogens is 226 g/mol. The van der Waals surface area contributed by atoms with Crippen LogP contribution in [0.15, 0.2) is 24.3 Å². The third-order valence-corrected chi connectivity index (χ3v) is 3.66. The van der Waals surface area contributed by atoms with Crippen LogP contribution in [0.1, 0.15) is 31.7 Å². The summed E-state index contributed by atoms with van der Waals surface area (Å²) in [6.07, 6.45) is 2.77. The van der Waals surface area contributed by atoms with E-state index in [2.05, 4.69) is 12.2 Å². The number of rotatable bonds is 8. The second-order valence-electron chi connectivity index (χ2n) is 4.76. The molecule has 1 unspecified atom stereocenters. The standard InChI is InChI=1S/C15H25NO2/c1-4-15(12-17,16-3)10-7-11-18-14-9-6-5-8-13(14)2/h5-6,8-9,16-17H,4,7,10-12H2,1-3H3. The maximum atomic E-state index is 9.43. The third kappa shape index (κ3) is 4.00. The number of aliphatic hydroxyl groups excluding tert-OH is 1. The van der Waals surface area contributed by atoms with E-state index in [1.54, 1.807) is 0 Å². The van der Waals surface area contributed by atoms with Crippen LogP contribution in [0.3, 0.4) is 0 Å². The first-order valence-corrected chi connectivity index (χ1v) is 6.65. The Hall–Kier alpha value is -1.06. The fourth-order valence-electron chi connectivity index (χ4n) is 2.06. The lowest BCUT2D eigenvalue weighted by atomic mass is 9.92. The monoisotopic (exact) mass is 251 g/mol. The first kappa shape index (κ1) is 15.0. The zero-order valence-electron chi connectivity index (χ0n) is 11.7. The van der Waals surface area contributed by atoms with Crippen molar-refractivity contribution in [3.63, 3.8) is 0 Å². The predicted octanol–water partition coefficient (Wildman–Crippen LogP) is 2.51. The SMILES string of the molecule is CCC(CO)(CCCOc1ccccc1C)NC. The summed E-state index contributed by atoms with van der Waals surface area (Å²) in [7, 11) is 1.90. The van der Waals surface area contributed by atoms with E-state index in [0.29, 0.717) is 6.61 Å². The molecule has 3 nitrogen and oxygen atoms in total. The summed E-state index contributed by atoms with van der Waals surface area (Å²) in [6, 6.07) is 8.04. The van der Waals surface area contributed by atoms with Crippen molar-refractivity contribution in [2.24, 2.45) is 0 Å². The minimum atomic E-state index is -0.158. The van der Waals surface area contributed by atoms with Crippen molar-refractivity contribution in [2.75, 3.05) is 20.3 Å². The Morgan fingerprint density at radius 1 is 1.33 bits per heavy atom. The van der Waals surface area contributed by atoms with Crippen molar-refractivity contribution < 1.29 is 9.84 Å². The van der Waals surface area contributed by atoms with E-state index >= 15 is 0 Å². The van der Waals surface area contributed by atoms with Gasteiger partial charge in [0, 0.05) is 5.54 Å². The highest BCUT2D eigenvalue weighted by Crippen LogP contribution is 2.19. The van der Waals surface area contributed by atoms with Crippen LogP contribution < -0.4 is 10.1 Å². The molecule has 2 N–H and O–H groups in total. The van der Waals surface area contributed by atoms with Crippen molar-refractivity contribution in [3.05, 3.63) is 29.8 Å². The summed E-state index contributed by atoms with van der Waals surface area (Å²) in [6.45, 7) is 5.00. The maximum absolute atomic E-state index is 9.43. The van der Waals surface area contributed by atoms with Crippen molar-refractivity contribution >= 4 is 0 Å². The Morgan fingerprint density at radius 2 is 2.06 bits per heavy atom. The molecule has 0 aliphatic rings. The number of ether oxygens (including phenoxy) is 1.